The van der Waals surface area contributed by atoms with Crippen LogP contribution in [0, 0.1) is 16.7 Å². The minimum absolute atomic E-state index is 0.146. The van der Waals surface area contributed by atoms with Crippen molar-refractivity contribution < 1.29 is 4.79 Å². The molecule has 2 nitrogen and oxygen atoms in total. The summed E-state index contributed by atoms with van der Waals surface area (Å²) in [5.41, 5.74) is 0.533. The largest absolute Gasteiger partial charge is 0.353 e. The highest BCUT2D eigenvalue weighted by Crippen LogP contribution is 2.33. The molecule has 1 fully saturated rings. The number of hydrogen-bond acceptors (Lipinski definition) is 1. The molecule has 0 radical (unpaired) electrons. The Morgan fingerprint density at radius 2 is 1.75 bits per heavy atom. The van der Waals surface area contributed by atoms with Crippen molar-refractivity contribution in [1.82, 2.24) is 5.32 Å². The van der Waals surface area contributed by atoms with Crippen molar-refractivity contribution in [3.05, 3.63) is 0 Å². The molecule has 0 aliphatic heterocycles. The van der Waals surface area contributed by atoms with Gasteiger partial charge in [0.05, 0.1) is 0 Å². The van der Waals surface area contributed by atoms with E-state index in [2.05, 4.69) is 46.9 Å². The summed E-state index contributed by atoms with van der Waals surface area (Å²) in [4.78, 5) is 12.1. The van der Waals surface area contributed by atoms with E-state index in [9.17, 15) is 4.79 Å². The monoisotopic (exact) mass is 281 g/mol. The van der Waals surface area contributed by atoms with Crippen LogP contribution in [0.1, 0.15) is 86.5 Å². The zero-order valence-electron chi connectivity index (χ0n) is 14.5. The van der Waals surface area contributed by atoms with Crippen LogP contribution in [0.2, 0.25) is 0 Å². The number of amides is 1. The normalized spacial score (nSPS) is 17.9. The van der Waals surface area contributed by atoms with Crippen LogP contribution in [0.4, 0.5) is 0 Å². The van der Waals surface area contributed by atoms with E-state index in [0.29, 0.717) is 11.5 Å². The number of carbonyl (C=O) groups excluding carboxylic acids is 1. The van der Waals surface area contributed by atoms with Gasteiger partial charge in [0, 0.05) is 12.5 Å². The Bertz CT molecular complexity index is 304. The smallest absolute Gasteiger partial charge is 0.220 e. The standard InChI is InChI=1S/C18H35NO/c1-17(2,3)13-7-8-15(18(4,5)6)19-16(20)12-11-14-9-10-14/h14-15H,7-13H2,1-6H3,(H,19,20). The molecule has 1 rings (SSSR count). The summed E-state index contributed by atoms with van der Waals surface area (Å²) in [6.07, 6.45) is 7.98. The Kier molecular flexibility index (Phi) is 6.09. The van der Waals surface area contributed by atoms with Crippen molar-refractivity contribution in [2.75, 3.05) is 0 Å². The number of nitrogens with one attached hydrogen (secondary N) is 1. The first-order chi connectivity index (χ1) is 9.08. The van der Waals surface area contributed by atoms with Gasteiger partial charge in [-0.05, 0) is 36.0 Å². The van der Waals surface area contributed by atoms with Crippen molar-refractivity contribution in [3.63, 3.8) is 0 Å². The lowest BCUT2D eigenvalue weighted by Gasteiger charge is -2.32. The molecule has 1 N–H and O–H groups in total. The Morgan fingerprint density at radius 3 is 2.20 bits per heavy atom. The number of rotatable bonds is 7. The second kappa shape index (κ2) is 6.95. The van der Waals surface area contributed by atoms with Crippen LogP contribution in [0.15, 0.2) is 0 Å². The van der Waals surface area contributed by atoms with Gasteiger partial charge in [-0.1, -0.05) is 60.8 Å². The van der Waals surface area contributed by atoms with Crippen molar-refractivity contribution in [2.45, 2.75) is 92.5 Å². The maximum atomic E-state index is 12.1. The average molecular weight is 281 g/mol. The lowest BCUT2D eigenvalue weighted by molar-refractivity contribution is -0.122. The fourth-order valence-corrected chi connectivity index (χ4v) is 2.57. The molecule has 1 atom stereocenters. The van der Waals surface area contributed by atoms with Crippen molar-refractivity contribution >= 4 is 5.91 Å². The molecular weight excluding hydrogens is 246 g/mol. The highest BCUT2D eigenvalue weighted by Gasteiger charge is 2.27. The van der Waals surface area contributed by atoms with Gasteiger partial charge in [-0.15, -0.1) is 0 Å². The zero-order chi connectivity index (χ0) is 15.4. The Hall–Kier alpha value is -0.530. The molecule has 20 heavy (non-hydrogen) atoms. The minimum atomic E-state index is 0.146. The maximum Gasteiger partial charge on any atom is 0.220 e. The average Bonchev–Trinajstić information content (AvgIpc) is 3.05. The third-order valence-electron chi connectivity index (χ3n) is 4.28. The Morgan fingerprint density at radius 1 is 1.15 bits per heavy atom. The molecule has 0 aromatic rings. The molecule has 0 spiro atoms. The van der Waals surface area contributed by atoms with E-state index in [1.807, 2.05) is 0 Å². The molecule has 1 aliphatic rings. The Labute approximate surface area is 126 Å². The number of carbonyl (C=O) groups is 1. The molecule has 0 aromatic heterocycles. The molecule has 2 heteroatoms. The van der Waals surface area contributed by atoms with E-state index in [1.165, 1.54) is 25.7 Å². The molecule has 0 saturated heterocycles. The topological polar surface area (TPSA) is 29.1 Å². The predicted octanol–water partition coefficient (Wildman–Crippen LogP) is 4.92. The quantitative estimate of drug-likeness (QED) is 0.705. The molecule has 118 valence electrons. The summed E-state index contributed by atoms with van der Waals surface area (Å²) in [6.45, 7) is 13.6. The van der Waals surface area contributed by atoms with Crippen LogP contribution >= 0.6 is 0 Å². The van der Waals surface area contributed by atoms with Gasteiger partial charge in [0.25, 0.3) is 0 Å². The molecular formula is C18H35NO. The molecule has 0 aromatic carbocycles. The van der Waals surface area contributed by atoms with Crippen LogP contribution in [-0.4, -0.2) is 11.9 Å². The van der Waals surface area contributed by atoms with Gasteiger partial charge in [-0.2, -0.15) is 0 Å². The van der Waals surface area contributed by atoms with E-state index < -0.39 is 0 Å². The highest BCUT2D eigenvalue weighted by atomic mass is 16.1. The lowest BCUT2D eigenvalue weighted by Crippen LogP contribution is -2.43. The van der Waals surface area contributed by atoms with Gasteiger partial charge in [0.2, 0.25) is 5.91 Å². The van der Waals surface area contributed by atoms with E-state index in [4.69, 9.17) is 0 Å². The van der Waals surface area contributed by atoms with E-state index in [0.717, 1.165) is 25.2 Å². The summed E-state index contributed by atoms with van der Waals surface area (Å²) >= 11 is 0. The van der Waals surface area contributed by atoms with Gasteiger partial charge in [-0.25, -0.2) is 0 Å². The Balaban J connectivity index is 2.36. The third-order valence-corrected chi connectivity index (χ3v) is 4.28. The number of hydrogen-bond donors (Lipinski definition) is 1. The van der Waals surface area contributed by atoms with E-state index in [-0.39, 0.29) is 11.3 Å². The molecule has 1 unspecified atom stereocenters. The zero-order valence-corrected chi connectivity index (χ0v) is 14.5. The SMILES string of the molecule is CC(C)(C)CCCC(NC(=O)CCC1CC1)C(C)(C)C. The first kappa shape index (κ1) is 17.5. The van der Waals surface area contributed by atoms with Gasteiger partial charge in [-0.3, -0.25) is 4.79 Å². The summed E-state index contributed by atoms with van der Waals surface area (Å²) < 4.78 is 0. The minimum Gasteiger partial charge on any atom is -0.353 e. The lowest BCUT2D eigenvalue weighted by atomic mass is 9.81. The second-order valence-electron chi connectivity index (χ2n) is 8.92. The van der Waals surface area contributed by atoms with Gasteiger partial charge in [0.1, 0.15) is 0 Å². The second-order valence-corrected chi connectivity index (χ2v) is 8.92. The summed E-state index contributed by atoms with van der Waals surface area (Å²) in [7, 11) is 0. The van der Waals surface area contributed by atoms with Crippen molar-refractivity contribution in [2.24, 2.45) is 16.7 Å². The van der Waals surface area contributed by atoms with E-state index >= 15 is 0 Å². The molecule has 1 amide bonds. The van der Waals surface area contributed by atoms with Crippen LogP contribution in [0.25, 0.3) is 0 Å². The fourth-order valence-electron chi connectivity index (χ4n) is 2.57. The van der Waals surface area contributed by atoms with Crippen LogP contribution in [0.5, 0.6) is 0 Å². The van der Waals surface area contributed by atoms with Crippen LogP contribution < -0.4 is 5.32 Å². The summed E-state index contributed by atoms with van der Waals surface area (Å²) in [5, 5.41) is 3.29. The fraction of sp³-hybridized carbons (Fsp3) is 0.944. The first-order valence-electron chi connectivity index (χ1n) is 8.37. The summed E-state index contributed by atoms with van der Waals surface area (Å²) in [5.74, 6) is 1.10. The maximum absolute atomic E-state index is 12.1. The first-order valence-corrected chi connectivity index (χ1v) is 8.37. The predicted molar refractivity (Wildman–Crippen MR) is 86.6 cm³/mol. The van der Waals surface area contributed by atoms with Gasteiger partial charge >= 0.3 is 0 Å². The summed E-state index contributed by atoms with van der Waals surface area (Å²) in [6, 6.07) is 0.302. The van der Waals surface area contributed by atoms with Gasteiger partial charge < -0.3 is 5.32 Å². The van der Waals surface area contributed by atoms with Crippen LogP contribution in [-0.2, 0) is 4.79 Å². The van der Waals surface area contributed by atoms with E-state index in [1.54, 1.807) is 0 Å². The molecule has 1 aliphatic carbocycles. The highest BCUT2D eigenvalue weighted by molar-refractivity contribution is 5.76. The van der Waals surface area contributed by atoms with Crippen molar-refractivity contribution in [1.29, 1.82) is 0 Å². The molecule has 0 bridgehead atoms. The van der Waals surface area contributed by atoms with Crippen LogP contribution in [0.3, 0.4) is 0 Å². The third kappa shape index (κ3) is 7.91. The van der Waals surface area contributed by atoms with Gasteiger partial charge in [0.15, 0.2) is 0 Å². The molecule has 1 saturated carbocycles. The van der Waals surface area contributed by atoms with Crippen molar-refractivity contribution in [3.8, 4) is 0 Å². The molecule has 0 heterocycles.